The van der Waals surface area contributed by atoms with E-state index in [1.54, 1.807) is 0 Å². The van der Waals surface area contributed by atoms with Crippen LogP contribution < -0.4 is 0 Å². The molecule has 0 radical (unpaired) electrons. The van der Waals surface area contributed by atoms with Crippen LogP contribution in [0.3, 0.4) is 0 Å². The van der Waals surface area contributed by atoms with Crippen molar-refractivity contribution in [2.45, 2.75) is 18.8 Å². The van der Waals surface area contributed by atoms with E-state index in [1.165, 1.54) is 21.9 Å². The number of ether oxygens (including phenoxy) is 1. The summed E-state index contributed by atoms with van der Waals surface area (Å²) in [6.45, 7) is 2.04. The average molecular weight is 366 g/mol. The van der Waals surface area contributed by atoms with Gasteiger partial charge in [-0.25, -0.2) is 0 Å². The minimum absolute atomic E-state index is 0.112. The predicted molar refractivity (Wildman–Crippen MR) is 108 cm³/mol. The van der Waals surface area contributed by atoms with Crippen molar-refractivity contribution in [3.63, 3.8) is 0 Å². The molecule has 0 aromatic heterocycles. The maximum absolute atomic E-state index is 12.7. The zero-order valence-corrected chi connectivity index (χ0v) is 15.4. The largest absolute Gasteiger partial charge is 0.393 e. The van der Waals surface area contributed by atoms with Crippen molar-refractivity contribution < 1.29 is 14.3 Å². The lowest BCUT2D eigenvalue weighted by atomic mass is 9.61. The number of rotatable bonds is 0. The fraction of sp³-hybridized carbons (Fsp3) is 0.200. The number of carbonyl (C=O) groups excluding carboxylic acids is 2. The number of carbonyl (C=O) groups is 2. The predicted octanol–water partition coefficient (Wildman–Crippen LogP) is 4.89. The Morgan fingerprint density at radius 1 is 0.893 bits per heavy atom. The highest BCUT2D eigenvalue weighted by atomic mass is 16.6. The molecule has 3 heteroatoms. The summed E-state index contributed by atoms with van der Waals surface area (Å²) in [5.74, 6) is -1.96. The van der Waals surface area contributed by atoms with Crippen LogP contribution in [0, 0.1) is 11.8 Å². The maximum Gasteiger partial charge on any atom is 0.318 e. The van der Waals surface area contributed by atoms with Crippen molar-refractivity contribution in [1.29, 1.82) is 0 Å². The summed E-state index contributed by atoms with van der Waals surface area (Å²) >= 11 is 0. The third-order valence-corrected chi connectivity index (χ3v) is 6.58. The van der Waals surface area contributed by atoms with Gasteiger partial charge in [0.25, 0.3) is 0 Å². The quantitative estimate of drug-likeness (QED) is 0.492. The van der Waals surface area contributed by atoms with Gasteiger partial charge in [0.05, 0.1) is 11.8 Å². The SMILES string of the molecule is CC1=C\C=C/c2cc3c4c5c(cccc25)C=CC4C2C(=O)OC(=O)C2C3/C=C\1. The van der Waals surface area contributed by atoms with Gasteiger partial charge < -0.3 is 4.74 Å². The lowest BCUT2D eigenvalue weighted by molar-refractivity contribution is -0.153. The summed E-state index contributed by atoms with van der Waals surface area (Å²) in [4.78, 5) is 25.3. The van der Waals surface area contributed by atoms with E-state index in [0.29, 0.717) is 0 Å². The zero-order chi connectivity index (χ0) is 19.0. The summed E-state index contributed by atoms with van der Waals surface area (Å²) in [7, 11) is 0. The Balaban J connectivity index is 1.78. The highest BCUT2D eigenvalue weighted by Crippen LogP contribution is 2.55. The molecule has 2 aromatic carbocycles. The molecular weight excluding hydrogens is 348 g/mol. The van der Waals surface area contributed by atoms with E-state index < -0.39 is 17.8 Å². The molecule has 2 bridgehead atoms. The monoisotopic (exact) mass is 366 g/mol. The summed E-state index contributed by atoms with van der Waals surface area (Å²) in [6, 6.07) is 8.55. The molecule has 1 aliphatic heterocycles. The van der Waals surface area contributed by atoms with Gasteiger partial charge in [0.2, 0.25) is 0 Å². The lowest BCUT2D eigenvalue weighted by Crippen LogP contribution is -2.35. The first-order chi connectivity index (χ1) is 13.6. The normalized spacial score (nSPS) is 33.2. The van der Waals surface area contributed by atoms with Gasteiger partial charge in [-0.1, -0.05) is 72.4 Å². The molecule has 4 unspecified atom stereocenters. The Morgan fingerprint density at radius 2 is 1.68 bits per heavy atom. The first-order valence-corrected chi connectivity index (χ1v) is 9.70. The molecule has 3 nitrogen and oxygen atoms in total. The smallest absolute Gasteiger partial charge is 0.318 e. The van der Waals surface area contributed by atoms with E-state index in [9.17, 15) is 9.59 Å². The Hall–Kier alpha value is -3.20. The lowest BCUT2D eigenvalue weighted by Gasteiger charge is -2.38. The highest BCUT2D eigenvalue weighted by molar-refractivity contribution is 6.05. The minimum Gasteiger partial charge on any atom is -0.393 e. The second kappa shape index (κ2) is 5.41. The maximum atomic E-state index is 12.7. The topological polar surface area (TPSA) is 43.4 Å². The fourth-order valence-corrected chi connectivity index (χ4v) is 5.39. The van der Waals surface area contributed by atoms with Gasteiger partial charge in [-0.05, 0) is 39.9 Å². The van der Waals surface area contributed by atoms with Crippen molar-refractivity contribution in [3.05, 3.63) is 82.5 Å². The van der Waals surface area contributed by atoms with E-state index in [0.717, 1.165) is 16.7 Å². The number of hydrogen-bond donors (Lipinski definition) is 0. The zero-order valence-electron chi connectivity index (χ0n) is 15.4. The Kier molecular flexibility index (Phi) is 3.06. The Bertz CT molecular complexity index is 1210. The van der Waals surface area contributed by atoms with Gasteiger partial charge in [-0.3, -0.25) is 9.59 Å². The third kappa shape index (κ3) is 1.94. The molecule has 3 aliphatic carbocycles. The number of hydrogen-bond acceptors (Lipinski definition) is 3. The minimum atomic E-state index is -0.460. The summed E-state index contributed by atoms with van der Waals surface area (Å²) in [6.07, 6.45) is 14.6. The second-order valence-corrected chi connectivity index (χ2v) is 8.07. The summed E-state index contributed by atoms with van der Waals surface area (Å²) < 4.78 is 5.14. The van der Waals surface area contributed by atoms with Crippen LogP contribution >= 0.6 is 0 Å². The van der Waals surface area contributed by atoms with Crippen LogP contribution in [0.15, 0.2) is 60.2 Å². The summed E-state index contributed by atoms with van der Waals surface area (Å²) in [5.41, 5.74) is 5.76. The number of fused-ring (bicyclic) bond motifs is 5. The van der Waals surface area contributed by atoms with Crippen molar-refractivity contribution in [3.8, 4) is 0 Å². The molecule has 0 spiro atoms. The van der Waals surface area contributed by atoms with Crippen LogP contribution in [-0.2, 0) is 14.3 Å². The van der Waals surface area contributed by atoms with Gasteiger partial charge in [-0.2, -0.15) is 0 Å². The van der Waals surface area contributed by atoms with Crippen molar-refractivity contribution in [2.24, 2.45) is 11.8 Å². The fourth-order valence-electron chi connectivity index (χ4n) is 5.39. The van der Waals surface area contributed by atoms with Crippen LogP contribution in [0.2, 0.25) is 0 Å². The van der Waals surface area contributed by atoms with Gasteiger partial charge in [0.15, 0.2) is 0 Å². The number of cyclic esters (lactones) is 2. The molecule has 4 atom stereocenters. The Labute approximate surface area is 162 Å². The van der Waals surface area contributed by atoms with Crippen molar-refractivity contribution in [1.82, 2.24) is 0 Å². The average Bonchev–Trinajstić information content (AvgIpc) is 2.99. The van der Waals surface area contributed by atoms with E-state index in [-0.39, 0.29) is 17.8 Å². The van der Waals surface area contributed by atoms with Crippen LogP contribution in [0.4, 0.5) is 0 Å². The molecule has 0 amide bonds. The van der Waals surface area contributed by atoms with Crippen molar-refractivity contribution in [2.75, 3.05) is 0 Å². The second-order valence-electron chi connectivity index (χ2n) is 8.07. The van der Waals surface area contributed by atoms with Gasteiger partial charge in [-0.15, -0.1) is 0 Å². The van der Waals surface area contributed by atoms with Crippen LogP contribution in [-0.4, -0.2) is 11.9 Å². The molecule has 136 valence electrons. The van der Waals surface area contributed by atoms with Crippen molar-refractivity contribution >= 4 is 34.9 Å². The number of esters is 2. The van der Waals surface area contributed by atoms with E-state index >= 15 is 0 Å². The highest BCUT2D eigenvalue weighted by Gasteiger charge is 2.55. The first kappa shape index (κ1) is 15.8. The molecule has 1 saturated heterocycles. The molecule has 2 aromatic rings. The van der Waals surface area contributed by atoms with Gasteiger partial charge in [0.1, 0.15) is 0 Å². The van der Waals surface area contributed by atoms with Crippen LogP contribution in [0.5, 0.6) is 0 Å². The van der Waals surface area contributed by atoms with Crippen LogP contribution in [0.1, 0.15) is 41.0 Å². The van der Waals surface area contributed by atoms with E-state index in [2.05, 4.69) is 66.8 Å². The van der Waals surface area contributed by atoms with Crippen LogP contribution in [0.25, 0.3) is 22.9 Å². The molecule has 1 fully saturated rings. The van der Waals surface area contributed by atoms with E-state index in [4.69, 9.17) is 4.74 Å². The molecule has 6 rings (SSSR count). The molecule has 28 heavy (non-hydrogen) atoms. The molecule has 4 aliphatic rings. The Morgan fingerprint density at radius 3 is 2.54 bits per heavy atom. The first-order valence-electron chi connectivity index (χ1n) is 9.70. The summed E-state index contributed by atoms with van der Waals surface area (Å²) in [5, 5.41) is 2.39. The molecule has 0 N–H and O–H groups in total. The molecule has 1 heterocycles. The molecule has 0 saturated carbocycles. The van der Waals surface area contributed by atoms with Gasteiger partial charge in [0, 0.05) is 11.8 Å². The molecular formula is C25H18O3. The standard InChI is InChI=1S/C25H18O3/c1-13-4-2-6-15-12-19-17(10-8-13)22-23(25(27)28-24(22)26)18-11-9-14-5-3-7-16(15)20(14)21(18)19/h2-12,17-18,22-23H,1H3/b6-2-,10-8-,13-4+. The van der Waals surface area contributed by atoms with E-state index in [1.807, 2.05) is 6.92 Å². The third-order valence-electron chi connectivity index (χ3n) is 6.58. The number of benzene rings is 2. The number of allylic oxidation sites excluding steroid dienone is 6. The van der Waals surface area contributed by atoms with Gasteiger partial charge >= 0.3 is 11.9 Å².